The summed E-state index contributed by atoms with van der Waals surface area (Å²) in [7, 11) is 0. The fourth-order valence-electron chi connectivity index (χ4n) is 3.98. The van der Waals surface area contributed by atoms with Crippen LogP contribution in [-0.4, -0.2) is 41.7 Å². The predicted molar refractivity (Wildman–Crippen MR) is 92.9 cm³/mol. The van der Waals surface area contributed by atoms with Gasteiger partial charge in [-0.2, -0.15) is 0 Å². The molecule has 2 fully saturated rings. The van der Waals surface area contributed by atoms with Gasteiger partial charge in [-0.3, -0.25) is 9.69 Å². The molecule has 5 heteroatoms. The van der Waals surface area contributed by atoms with Crippen molar-refractivity contribution in [2.75, 3.05) is 19.6 Å². The van der Waals surface area contributed by atoms with E-state index in [1.54, 1.807) is 0 Å². The van der Waals surface area contributed by atoms with Gasteiger partial charge in [-0.05, 0) is 69.7 Å². The highest BCUT2D eigenvalue weighted by atomic mass is 79.9. The summed E-state index contributed by atoms with van der Waals surface area (Å²) >= 11 is 3.56. The summed E-state index contributed by atoms with van der Waals surface area (Å²) in [5.41, 5.74) is 1.52. The molecule has 1 spiro atoms. The Morgan fingerprint density at radius 3 is 2.83 bits per heavy atom. The Kier molecular flexibility index (Phi) is 4.97. The number of carboxylic acids is 1. The van der Waals surface area contributed by atoms with E-state index < -0.39 is 5.97 Å². The van der Waals surface area contributed by atoms with Crippen molar-refractivity contribution in [3.63, 3.8) is 0 Å². The van der Waals surface area contributed by atoms with Crippen LogP contribution in [0.3, 0.4) is 0 Å². The number of hydrogen-bond donors (Lipinski definition) is 1. The van der Waals surface area contributed by atoms with E-state index in [2.05, 4.69) is 27.8 Å². The highest BCUT2D eigenvalue weighted by Crippen LogP contribution is 2.47. The van der Waals surface area contributed by atoms with Crippen molar-refractivity contribution in [1.82, 2.24) is 4.90 Å². The Morgan fingerprint density at radius 2 is 2.13 bits per heavy atom. The fraction of sp³-hybridized carbons (Fsp3) is 0.611. The van der Waals surface area contributed by atoms with Crippen LogP contribution >= 0.6 is 15.9 Å². The zero-order chi connectivity index (χ0) is 16.4. The van der Waals surface area contributed by atoms with Crippen LogP contribution in [0.5, 0.6) is 5.75 Å². The van der Waals surface area contributed by atoms with Gasteiger partial charge in [-0.1, -0.05) is 22.0 Å². The number of likely N-dealkylation sites (tertiary alicyclic amines) is 1. The average molecular weight is 382 g/mol. The van der Waals surface area contributed by atoms with E-state index in [9.17, 15) is 4.79 Å². The molecule has 1 saturated heterocycles. The molecule has 1 N–H and O–H groups in total. The maximum Gasteiger partial charge on any atom is 0.317 e. The number of benzene rings is 1. The lowest BCUT2D eigenvalue weighted by atomic mass is 9.77. The summed E-state index contributed by atoms with van der Waals surface area (Å²) in [5.74, 6) is 0.253. The number of hydrogen-bond acceptors (Lipinski definition) is 3. The van der Waals surface area contributed by atoms with E-state index in [1.807, 2.05) is 18.2 Å². The first-order valence-electron chi connectivity index (χ1n) is 8.33. The average Bonchev–Trinajstić information content (AvgIpc) is 2.89. The van der Waals surface area contributed by atoms with Crippen LogP contribution in [0.4, 0.5) is 0 Å². The second-order valence-corrected chi connectivity index (χ2v) is 7.87. The first kappa shape index (κ1) is 16.8. The normalized spacial score (nSPS) is 24.0. The van der Waals surface area contributed by atoms with E-state index in [4.69, 9.17) is 9.84 Å². The maximum atomic E-state index is 10.8. The number of piperidine rings is 1. The monoisotopic (exact) mass is 381 g/mol. The highest BCUT2D eigenvalue weighted by Gasteiger charge is 2.42. The first-order valence-corrected chi connectivity index (χ1v) is 9.13. The van der Waals surface area contributed by atoms with Crippen molar-refractivity contribution in [2.45, 2.75) is 45.1 Å². The van der Waals surface area contributed by atoms with Gasteiger partial charge in [-0.25, -0.2) is 0 Å². The van der Waals surface area contributed by atoms with E-state index in [0.717, 1.165) is 54.6 Å². The maximum absolute atomic E-state index is 10.8. The molecule has 1 heterocycles. The summed E-state index contributed by atoms with van der Waals surface area (Å²) in [6, 6.07) is 6.10. The second-order valence-electron chi connectivity index (χ2n) is 7.02. The zero-order valence-electron chi connectivity index (χ0n) is 13.6. The van der Waals surface area contributed by atoms with Gasteiger partial charge >= 0.3 is 5.97 Å². The molecule has 2 aliphatic rings. The van der Waals surface area contributed by atoms with Gasteiger partial charge in [0.15, 0.2) is 0 Å². The third-order valence-electron chi connectivity index (χ3n) is 5.44. The minimum atomic E-state index is -0.723. The second kappa shape index (κ2) is 6.81. The number of rotatable bonds is 4. The van der Waals surface area contributed by atoms with Crippen LogP contribution in [0.2, 0.25) is 0 Å². The van der Waals surface area contributed by atoms with E-state index in [1.165, 1.54) is 6.42 Å². The van der Waals surface area contributed by atoms with Crippen LogP contribution in [0.1, 0.15) is 37.7 Å². The molecule has 1 aliphatic carbocycles. The van der Waals surface area contributed by atoms with Crippen molar-refractivity contribution in [1.29, 1.82) is 0 Å². The van der Waals surface area contributed by atoms with Gasteiger partial charge in [-0.15, -0.1) is 0 Å². The summed E-state index contributed by atoms with van der Waals surface area (Å²) in [4.78, 5) is 12.9. The molecule has 3 rings (SSSR count). The number of carbonyl (C=O) groups is 1. The lowest BCUT2D eigenvalue weighted by Gasteiger charge is -2.38. The van der Waals surface area contributed by atoms with E-state index >= 15 is 0 Å². The smallest absolute Gasteiger partial charge is 0.317 e. The summed E-state index contributed by atoms with van der Waals surface area (Å²) in [5, 5.41) is 8.91. The molecule has 0 aromatic heterocycles. The summed E-state index contributed by atoms with van der Waals surface area (Å²) in [6.45, 7) is 4.05. The summed E-state index contributed by atoms with van der Waals surface area (Å²) < 4.78 is 7.36. The molecule has 4 nitrogen and oxygen atoms in total. The van der Waals surface area contributed by atoms with Gasteiger partial charge < -0.3 is 9.84 Å². The van der Waals surface area contributed by atoms with Gasteiger partial charge in [0.25, 0.3) is 0 Å². The quantitative estimate of drug-likeness (QED) is 0.859. The van der Waals surface area contributed by atoms with E-state index in [-0.39, 0.29) is 12.6 Å². The van der Waals surface area contributed by atoms with Gasteiger partial charge in [0.05, 0.1) is 12.6 Å². The Morgan fingerprint density at radius 1 is 1.39 bits per heavy atom. The number of ether oxygens (including phenoxy) is 1. The molecule has 0 unspecified atom stereocenters. The lowest BCUT2D eigenvalue weighted by Crippen LogP contribution is -2.41. The Hall–Kier alpha value is -1.07. The van der Waals surface area contributed by atoms with Gasteiger partial charge in [0.2, 0.25) is 0 Å². The van der Waals surface area contributed by atoms with Gasteiger partial charge in [0.1, 0.15) is 5.75 Å². The fourth-order valence-corrected chi connectivity index (χ4v) is 4.33. The van der Waals surface area contributed by atoms with Crippen molar-refractivity contribution in [3.05, 3.63) is 28.2 Å². The molecule has 1 saturated carbocycles. The predicted octanol–water partition coefficient (Wildman–Crippen LogP) is 3.86. The molecule has 1 aromatic rings. The van der Waals surface area contributed by atoms with Gasteiger partial charge in [0, 0.05) is 10.0 Å². The number of carboxylic acid groups (broad SMARTS) is 1. The topological polar surface area (TPSA) is 49.8 Å². The van der Waals surface area contributed by atoms with Crippen LogP contribution in [0.15, 0.2) is 22.7 Å². The molecule has 1 aromatic carbocycles. The van der Waals surface area contributed by atoms with Crippen LogP contribution in [-0.2, 0) is 4.79 Å². The number of halogens is 1. The molecule has 1 atom stereocenters. The molecule has 1 aliphatic heterocycles. The minimum Gasteiger partial charge on any atom is -0.490 e. The van der Waals surface area contributed by atoms with Crippen molar-refractivity contribution in [3.8, 4) is 5.75 Å². The molecule has 126 valence electrons. The van der Waals surface area contributed by atoms with Crippen LogP contribution < -0.4 is 4.74 Å². The number of aliphatic carboxylic acids is 1. The highest BCUT2D eigenvalue weighted by molar-refractivity contribution is 9.10. The Labute approximate surface area is 145 Å². The lowest BCUT2D eigenvalue weighted by molar-refractivity contribution is -0.138. The third-order valence-corrected chi connectivity index (χ3v) is 6.30. The first-order chi connectivity index (χ1) is 11.0. The van der Waals surface area contributed by atoms with Crippen LogP contribution in [0, 0.1) is 12.3 Å². The largest absolute Gasteiger partial charge is 0.490 e. The Balaban J connectivity index is 1.57. The molecule has 0 bridgehead atoms. The third kappa shape index (κ3) is 3.89. The summed E-state index contributed by atoms with van der Waals surface area (Å²) in [6.07, 6.45) is 5.88. The molecule has 0 radical (unpaired) electrons. The molecular weight excluding hydrogens is 358 g/mol. The van der Waals surface area contributed by atoms with Crippen molar-refractivity contribution < 1.29 is 14.6 Å². The molecule has 23 heavy (non-hydrogen) atoms. The van der Waals surface area contributed by atoms with Crippen molar-refractivity contribution in [2.24, 2.45) is 5.41 Å². The van der Waals surface area contributed by atoms with Crippen molar-refractivity contribution >= 4 is 21.9 Å². The standard InChI is InChI=1S/C18H24BrNO3/c1-13-15(19)3-2-4-16(13)23-14-5-6-18(11-14)7-9-20(10-8-18)12-17(21)22/h2-4,14H,5-12H2,1H3,(H,21,22)/t14-/m1/s1. The molecular formula is C18H24BrNO3. The van der Waals surface area contributed by atoms with Crippen LogP contribution in [0.25, 0.3) is 0 Å². The molecule has 0 amide bonds. The van der Waals surface area contributed by atoms with E-state index in [0.29, 0.717) is 5.41 Å². The number of nitrogens with zero attached hydrogens (tertiary/aromatic N) is 1. The zero-order valence-corrected chi connectivity index (χ0v) is 15.1. The SMILES string of the molecule is Cc1c(Br)cccc1O[C@@H]1CCC2(CCN(CC(=O)O)CC2)C1. The minimum absolute atomic E-state index is 0.174. The Bertz CT molecular complexity index is 582.